The molecule has 1 atom stereocenters. The van der Waals surface area contributed by atoms with Crippen molar-refractivity contribution in [2.75, 3.05) is 31.1 Å². The molecule has 6 heteroatoms. The number of piperidine rings is 1. The molecule has 1 aromatic heterocycles. The van der Waals surface area contributed by atoms with E-state index in [-0.39, 0.29) is 37.2 Å². The Morgan fingerprint density at radius 1 is 1.11 bits per heavy atom. The molecule has 110 valence electrons. The van der Waals surface area contributed by atoms with Gasteiger partial charge in [-0.2, -0.15) is 0 Å². The molecule has 2 aliphatic rings. The number of aromatic nitrogens is 1. The third-order valence-electron chi connectivity index (χ3n) is 4.03. The Kier molecular flexibility index (Phi) is 8.06. The van der Waals surface area contributed by atoms with Gasteiger partial charge in [0.1, 0.15) is 0 Å². The fourth-order valence-electron chi connectivity index (χ4n) is 3.09. The van der Waals surface area contributed by atoms with Gasteiger partial charge in [-0.05, 0) is 37.9 Å². The van der Waals surface area contributed by atoms with Crippen molar-refractivity contribution in [1.29, 1.82) is 0 Å². The summed E-state index contributed by atoms with van der Waals surface area (Å²) in [4.78, 5) is 6.59. The van der Waals surface area contributed by atoms with Crippen LogP contribution < -0.4 is 10.2 Å². The van der Waals surface area contributed by atoms with E-state index in [0.717, 1.165) is 0 Å². The first-order chi connectivity index (χ1) is 7.88. The lowest BCUT2D eigenvalue weighted by Gasteiger charge is -2.34. The van der Waals surface area contributed by atoms with Gasteiger partial charge in [0.25, 0.3) is 0 Å². The Morgan fingerprint density at radius 2 is 1.84 bits per heavy atom. The van der Waals surface area contributed by atoms with Gasteiger partial charge >= 0.3 is 0 Å². The molecule has 2 aliphatic heterocycles. The number of hydrogen-bond donors (Lipinski definition) is 1. The number of nitrogens with one attached hydrogen (secondary N) is 1. The molecule has 0 saturated carbocycles. The maximum Gasteiger partial charge on any atom is 0.0397 e. The van der Waals surface area contributed by atoms with Gasteiger partial charge in [-0.3, -0.25) is 4.98 Å². The average Bonchev–Trinajstić information content (AvgIpc) is 2.75. The molecule has 1 spiro atoms. The minimum Gasteiger partial charge on any atom is -0.371 e. The Morgan fingerprint density at radius 3 is 2.47 bits per heavy atom. The minimum absolute atomic E-state index is 0. The molecule has 19 heavy (non-hydrogen) atoms. The van der Waals surface area contributed by atoms with E-state index in [1.807, 2.05) is 12.4 Å². The van der Waals surface area contributed by atoms with Crippen molar-refractivity contribution in [1.82, 2.24) is 10.3 Å². The summed E-state index contributed by atoms with van der Waals surface area (Å²) in [6.45, 7) is 4.82. The second-order valence-electron chi connectivity index (χ2n) is 5.16. The van der Waals surface area contributed by atoms with Gasteiger partial charge in [0, 0.05) is 43.1 Å². The van der Waals surface area contributed by atoms with Crippen molar-refractivity contribution in [2.24, 2.45) is 5.41 Å². The van der Waals surface area contributed by atoms with Crippen LogP contribution in [0.3, 0.4) is 0 Å². The van der Waals surface area contributed by atoms with Crippen LogP contribution in [-0.2, 0) is 0 Å². The number of rotatable bonds is 1. The predicted octanol–water partition coefficient (Wildman–Crippen LogP) is 2.93. The lowest BCUT2D eigenvalue weighted by Crippen LogP contribution is -2.41. The quantitative estimate of drug-likeness (QED) is 0.860. The van der Waals surface area contributed by atoms with E-state index in [4.69, 9.17) is 0 Å². The van der Waals surface area contributed by atoms with Gasteiger partial charge in [0.15, 0.2) is 0 Å². The third-order valence-corrected chi connectivity index (χ3v) is 4.03. The van der Waals surface area contributed by atoms with Crippen molar-refractivity contribution >= 4 is 42.9 Å². The van der Waals surface area contributed by atoms with E-state index in [2.05, 4.69) is 27.3 Å². The van der Waals surface area contributed by atoms with Crippen LogP contribution in [0.4, 0.5) is 5.69 Å². The Hall–Kier alpha value is -0.220. The zero-order valence-electron chi connectivity index (χ0n) is 10.9. The number of halogens is 3. The van der Waals surface area contributed by atoms with Crippen molar-refractivity contribution in [3.05, 3.63) is 24.5 Å². The van der Waals surface area contributed by atoms with Crippen LogP contribution in [0.2, 0.25) is 0 Å². The second-order valence-corrected chi connectivity index (χ2v) is 5.16. The summed E-state index contributed by atoms with van der Waals surface area (Å²) in [5, 5.41) is 3.55. The monoisotopic (exact) mass is 325 g/mol. The Labute approximate surface area is 133 Å². The molecule has 1 aromatic rings. The first-order valence-electron chi connectivity index (χ1n) is 6.24. The molecule has 1 N–H and O–H groups in total. The normalized spacial score (nSPS) is 25.2. The average molecular weight is 327 g/mol. The van der Waals surface area contributed by atoms with E-state index in [1.54, 1.807) is 0 Å². The standard InChI is InChI=1S/C13H19N3.3ClH/c1-4-13(10-15-6-1)5-9-16(11-13)12-2-7-14-8-3-12;;;/h2-3,7-8,15H,1,4-6,9-11H2;3*1H. The third kappa shape index (κ3) is 4.12. The van der Waals surface area contributed by atoms with Gasteiger partial charge in [-0.15, -0.1) is 37.2 Å². The molecule has 0 amide bonds. The summed E-state index contributed by atoms with van der Waals surface area (Å²) in [5.74, 6) is 0. The topological polar surface area (TPSA) is 28.2 Å². The molecule has 0 aromatic carbocycles. The molecular formula is C13H22Cl3N3. The fraction of sp³-hybridized carbons (Fsp3) is 0.615. The number of hydrogen-bond acceptors (Lipinski definition) is 3. The first kappa shape index (κ1) is 18.8. The van der Waals surface area contributed by atoms with E-state index < -0.39 is 0 Å². The molecular weight excluding hydrogens is 305 g/mol. The molecule has 0 aliphatic carbocycles. The van der Waals surface area contributed by atoms with Gasteiger partial charge in [0.05, 0.1) is 0 Å². The summed E-state index contributed by atoms with van der Waals surface area (Å²) in [6.07, 6.45) is 7.84. The second kappa shape index (κ2) is 8.15. The summed E-state index contributed by atoms with van der Waals surface area (Å²) in [7, 11) is 0. The van der Waals surface area contributed by atoms with Crippen LogP contribution in [-0.4, -0.2) is 31.2 Å². The molecule has 1 unspecified atom stereocenters. The Bertz CT molecular complexity index is 355. The molecule has 3 heterocycles. The SMILES string of the molecule is Cl.Cl.Cl.c1cc(N2CCC3(CCCNC3)C2)ccn1. The van der Waals surface area contributed by atoms with Crippen molar-refractivity contribution < 1.29 is 0 Å². The van der Waals surface area contributed by atoms with Crippen molar-refractivity contribution in [3.8, 4) is 0 Å². The van der Waals surface area contributed by atoms with Crippen LogP contribution in [0.1, 0.15) is 19.3 Å². The summed E-state index contributed by atoms with van der Waals surface area (Å²) >= 11 is 0. The summed E-state index contributed by atoms with van der Waals surface area (Å²) in [5.41, 5.74) is 1.87. The maximum atomic E-state index is 4.08. The maximum absolute atomic E-state index is 4.08. The highest BCUT2D eigenvalue weighted by Gasteiger charge is 2.38. The van der Waals surface area contributed by atoms with Gasteiger partial charge in [-0.1, -0.05) is 0 Å². The fourth-order valence-corrected chi connectivity index (χ4v) is 3.09. The molecule has 2 saturated heterocycles. The molecule has 3 rings (SSSR count). The number of pyridine rings is 1. The lowest BCUT2D eigenvalue weighted by atomic mass is 9.80. The molecule has 0 radical (unpaired) electrons. The van der Waals surface area contributed by atoms with Crippen LogP contribution in [0.5, 0.6) is 0 Å². The van der Waals surface area contributed by atoms with Crippen LogP contribution in [0, 0.1) is 5.41 Å². The predicted molar refractivity (Wildman–Crippen MR) is 87.3 cm³/mol. The summed E-state index contributed by atoms with van der Waals surface area (Å²) < 4.78 is 0. The highest BCUT2D eigenvalue weighted by Crippen LogP contribution is 2.38. The lowest BCUT2D eigenvalue weighted by molar-refractivity contribution is 0.239. The number of nitrogens with zero attached hydrogens (tertiary/aromatic N) is 2. The zero-order chi connectivity index (χ0) is 10.8. The molecule has 0 bridgehead atoms. The van der Waals surface area contributed by atoms with Crippen LogP contribution in [0.25, 0.3) is 0 Å². The van der Waals surface area contributed by atoms with E-state index in [0.29, 0.717) is 5.41 Å². The van der Waals surface area contributed by atoms with E-state index in [9.17, 15) is 0 Å². The van der Waals surface area contributed by atoms with Crippen LogP contribution >= 0.6 is 37.2 Å². The van der Waals surface area contributed by atoms with Gasteiger partial charge in [0.2, 0.25) is 0 Å². The highest BCUT2D eigenvalue weighted by molar-refractivity contribution is 5.86. The van der Waals surface area contributed by atoms with E-state index >= 15 is 0 Å². The van der Waals surface area contributed by atoms with E-state index in [1.165, 1.54) is 51.1 Å². The van der Waals surface area contributed by atoms with Crippen LogP contribution in [0.15, 0.2) is 24.5 Å². The molecule has 3 nitrogen and oxygen atoms in total. The minimum atomic E-state index is 0. The number of anilines is 1. The zero-order valence-corrected chi connectivity index (χ0v) is 13.3. The smallest absolute Gasteiger partial charge is 0.0397 e. The van der Waals surface area contributed by atoms with Gasteiger partial charge < -0.3 is 10.2 Å². The first-order valence-corrected chi connectivity index (χ1v) is 6.24. The summed E-state index contributed by atoms with van der Waals surface area (Å²) in [6, 6.07) is 4.24. The van der Waals surface area contributed by atoms with Crippen molar-refractivity contribution in [3.63, 3.8) is 0 Å². The highest BCUT2D eigenvalue weighted by atomic mass is 35.5. The van der Waals surface area contributed by atoms with Crippen molar-refractivity contribution in [2.45, 2.75) is 19.3 Å². The molecule has 2 fully saturated rings. The Balaban J connectivity index is 0.00000108. The van der Waals surface area contributed by atoms with Gasteiger partial charge in [-0.25, -0.2) is 0 Å². The largest absolute Gasteiger partial charge is 0.371 e.